The van der Waals surface area contributed by atoms with Gasteiger partial charge in [-0.15, -0.1) is 17.0 Å². The first-order chi connectivity index (χ1) is 14.7. The van der Waals surface area contributed by atoms with Crippen molar-refractivity contribution in [1.29, 1.82) is 5.41 Å². The number of carbonyl (C=O) groups excluding carboxylic acids is 2. The first-order valence-corrected chi connectivity index (χ1v) is 10.6. The Balaban J connectivity index is 0.00000289. The second-order valence-electron chi connectivity index (χ2n) is 9.25. The maximum Gasteiger partial charge on any atom is 0.412 e. The smallest absolute Gasteiger partial charge is 0.410 e. The molecule has 1 aliphatic heterocycles. The van der Waals surface area contributed by atoms with Gasteiger partial charge in [-0.2, -0.15) is 0 Å². The number of benzene rings is 1. The summed E-state index contributed by atoms with van der Waals surface area (Å²) in [5.74, 6) is 1.18. The average Bonchev–Trinajstić information content (AvgIpc) is 3.53. The normalized spacial score (nSPS) is 15.1. The molecule has 1 fully saturated rings. The molecular formula is C24H29BrN4O3. The van der Waals surface area contributed by atoms with Crippen molar-refractivity contribution in [2.45, 2.75) is 51.5 Å². The van der Waals surface area contributed by atoms with Gasteiger partial charge in [0, 0.05) is 41.9 Å². The summed E-state index contributed by atoms with van der Waals surface area (Å²) in [5, 5.41) is 11.0. The highest BCUT2D eigenvalue weighted by atomic mass is 79.9. The molecule has 0 atom stereocenters. The van der Waals surface area contributed by atoms with E-state index in [1.54, 1.807) is 23.1 Å². The number of hydrogen-bond acceptors (Lipinski definition) is 5. The minimum atomic E-state index is -0.550. The third-order valence-corrected chi connectivity index (χ3v) is 5.75. The third-order valence-electron chi connectivity index (χ3n) is 5.75. The van der Waals surface area contributed by atoms with Crippen molar-refractivity contribution in [2.24, 2.45) is 0 Å². The Kier molecular flexibility index (Phi) is 6.74. The van der Waals surface area contributed by atoms with Crippen molar-refractivity contribution in [1.82, 2.24) is 15.2 Å². The van der Waals surface area contributed by atoms with Crippen molar-refractivity contribution in [3.05, 3.63) is 58.4 Å². The van der Waals surface area contributed by atoms with Crippen LogP contribution in [0.1, 0.15) is 72.4 Å². The van der Waals surface area contributed by atoms with Crippen LogP contribution in [0.4, 0.5) is 4.79 Å². The van der Waals surface area contributed by atoms with E-state index in [1.807, 2.05) is 26.8 Å². The number of hydrogen-bond donors (Lipinski definition) is 2. The van der Waals surface area contributed by atoms with Gasteiger partial charge in [-0.25, -0.2) is 9.78 Å². The Bertz CT molecular complexity index is 1070. The van der Waals surface area contributed by atoms with Crippen molar-refractivity contribution < 1.29 is 14.3 Å². The van der Waals surface area contributed by atoms with Crippen LogP contribution in [-0.4, -0.2) is 41.2 Å². The lowest BCUT2D eigenvalue weighted by Gasteiger charge is -2.23. The molecule has 0 unspecified atom stereocenters. The highest BCUT2D eigenvalue weighted by Gasteiger charge is 2.31. The zero-order valence-corrected chi connectivity index (χ0v) is 20.5. The first-order valence-electron chi connectivity index (χ1n) is 10.6. The number of ketones is 1. The summed E-state index contributed by atoms with van der Waals surface area (Å²) in [4.78, 5) is 31.2. The van der Waals surface area contributed by atoms with Gasteiger partial charge in [0.05, 0.1) is 6.54 Å². The number of amides is 1. The van der Waals surface area contributed by atoms with Gasteiger partial charge < -0.3 is 15.0 Å². The summed E-state index contributed by atoms with van der Waals surface area (Å²) < 4.78 is 5.37. The molecule has 2 heterocycles. The van der Waals surface area contributed by atoms with Gasteiger partial charge >= 0.3 is 6.09 Å². The number of carbonyl (C=O) groups is 2. The Morgan fingerprint density at radius 2 is 1.94 bits per heavy atom. The Morgan fingerprint density at radius 1 is 1.22 bits per heavy atom. The largest absolute Gasteiger partial charge is 0.412 e. The predicted octanol–water partition coefficient (Wildman–Crippen LogP) is 4.58. The van der Waals surface area contributed by atoms with Crippen LogP contribution in [0.25, 0.3) is 0 Å². The fraction of sp³-hybridized carbons (Fsp3) is 0.417. The van der Waals surface area contributed by atoms with Crippen LogP contribution in [0.5, 0.6) is 5.75 Å². The van der Waals surface area contributed by atoms with Gasteiger partial charge in [-0.05, 0) is 42.5 Å². The van der Waals surface area contributed by atoms with Gasteiger partial charge in [-0.1, -0.05) is 26.8 Å². The molecule has 2 N–H and O–H groups in total. The highest BCUT2D eigenvalue weighted by Crippen LogP contribution is 2.40. The molecule has 1 aromatic carbocycles. The van der Waals surface area contributed by atoms with Gasteiger partial charge in [0.2, 0.25) is 0 Å². The summed E-state index contributed by atoms with van der Waals surface area (Å²) in [7, 11) is 1.50. The molecule has 0 spiro atoms. The number of amidine groups is 1. The molecule has 0 saturated heterocycles. The number of rotatable bonds is 5. The molecule has 32 heavy (non-hydrogen) atoms. The monoisotopic (exact) mass is 500 g/mol. The van der Waals surface area contributed by atoms with Crippen LogP contribution in [-0.2, 0) is 12.0 Å². The molecule has 170 valence electrons. The lowest BCUT2D eigenvalue weighted by atomic mass is 9.85. The summed E-state index contributed by atoms with van der Waals surface area (Å²) in [5.41, 5.74) is 3.73. The van der Waals surface area contributed by atoms with E-state index in [9.17, 15) is 9.59 Å². The standard InChI is InChI=1S/C24H28N4O3.BrH/c1-24(2,3)17-11-15(8-10-20(17)31-23(30)26-4)19(29)13-28-12-16-7-9-18(14-5-6-14)27-21(16)22(28)25;/h7-11,14,25H,5-6,12-13H2,1-4H3,(H,26,30);1H. The second kappa shape index (κ2) is 9.02. The fourth-order valence-corrected chi connectivity index (χ4v) is 3.81. The lowest BCUT2D eigenvalue weighted by Crippen LogP contribution is -2.31. The van der Waals surface area contributed by atoms with Crippen LogP contribution < -0.4 is 10.1 Å². The molecular weight excluding hydrogens is 472 g/mol. The number of nitrogens with one attached hydrogen (secondary N) is 2. The fourth-order valence-electron chi connectivity index (χ4n) is 3.81. The minimum absolute atomic E-state index is 0. The maximum absolute atomic E-state index is 13.1. The zero-order chi connectivity index (χ0) is 22.3. The predicted molar refractivity (Wildman–Crippen MR) is 128 cm³/mol. The molecule has 1 saturated carbocycles. The maximum atomic E-state index is 13.1. The van der Waals surface area contributed by atoms with Crippen LogP contribution in [0.15, 0.2) is 30.3 Å². The van der Waals surface area contributed by atoms with E-state index < -0.39 is 6.09 Å². The number of nitrogens with zero attached hydrogens (tertiary/aromatic N) is 2. The topological polar surface area (TPSA) is 95.4 Å². The minimum Gasteiger partial charge on any atom is -0.410 e. The van der Waals surface area contributed by atoms with Crippen LogP contribution in [0.3, 0.4) is 0 Å². The van der Waals surface area contributed by atoms with Crippen molar-refractivity contribution in [3.63, 3.8) is 0 Å². The zero-order valence-electron chi connectivity index (χ0n) is 18.8. The molecule has 7 nitrogen and oxygen atoms in total. The van der Waals surface area contributed by atoms with Crippen LogP contribution in [0.2, 0.25) is 0 Å². The van der Waals surface area contributed by atoms with Gasteiger partial charge in [-0.3, -0.25) is 10.2 Å². The van der Waals surface area contributed by atoms with E-state index in [1.165, 1.54) is 7.05 Å². The lowest BCUT2D eigenvalue weighted by molar-refractivity contribution is 0.0962. The van der Waals surface area contributed by atoms with Crippen LogP contribution >= 0.6 is 17.0 Å². The number of pyridine rings is 1. The number of ether oxygens (including phenoxy) is 1. The van der Waals surface area contributed by atoms with Crippen LogP contribution in [0, 0.1) is 5.41 Å². The molecule has 0 bridgehead atoms. The summed E-state index contributed by atoms with van der Waals surface area (Å²) >= 11 is 0. The summed E-state index contributed by atoms with van der Waals surface area (Å²) in [6.45, 7) is 6.63. The average molecular weight is 501 g/mol. The van der Waals surface area contributed by atoms with E-state index in [0.29, 0.717) is 35.3 Å². The molecule has 1 aliphatic carbocycles. The molecule has 2 aromatic rings. The van der Waals surface area contributed by atoms with E-state index in [0.717, 1.165) is 29.7 Å². The quantitative estimate of drug-likeness (QED) is 0.585. The molecule has 1 amide bonds. The second-order valence-corrected chi connectivity index (χ2v) is 9.25. The number of fused-ring (bicyclic) bond motifs is 1. The molecule has 1 aromatic heterocycles. The Morgan fingerprint density at radius 3 is 2.56 bits per heavy atom. The van der Waals surface area contributed by atoms with E-state index in [2.05, 4.69) is 16.4 Å². The third kappa shape index (κ3) is 4.85. The van der Waals surface area contributed by atoms with Crippen molar-refractivity contribution >= 4 is 34.7 Å². The van der Waals surface area contributed by atoms with Crippen molar-refractivity contribution in [3.8, 4) is 5.75 Å². The summed E-state index contributed by atoms with van der Waals surface area (Å²) in [6, 6.07) is 9.22. The number of aromatic nitrogens is 1. The first kappa shape index (κ1) is 23.9. The van der Waals surface area contributed by atoms with E-state index in [-0.39, 0.29) is 34.7 Å². The Hall–Kier alpha value is -2.74. The molecule has 2 aliphatic rings. The van der Waals surface area contributed by atoms with Gasteiger partial charge in [0.15, 0.2) is 5.78 Å². The number of Topliss-reactive ketones (excluding diaryl/α,β-unsaturated/α-hetero) is 1. The number of halogens is 1. The molecule has 8 heteroatoms. The van der Waals surface area contributed by atoms with E-state index >= 15 is 0 Å². The van der Waals surface area contributed by atoms with Gasteiger partial charge in [0.1, 0.15) is 17.3 Å². The molecule has 0 radical (unpaired) electrons. The van der Waals surface area contributed by atoms with Gasteiger partial charge in [0.25, 0.3) is 0 Å². The SMILES string of the molecule is Br.CNC(=O)Oc1ccc(C(=O)CN2Cc3ccc(C4CC4)nc3C2=N)cc1C(C)(C)C. The highest BCUT2D eigenvalue weighted by molar-refractivity contribution is 8.93. The Labute approximate surface area is 198 Å². The summed E-state index contributed by atoms with van der Waals surface area (Å²) in [6.07, 6.45) is 1.78. The van der Waals surface area contributed by atoms with E-state index in [4.69, 9.17) is 10.1 Å². The van der Waals surface area contributed by atoms with Crippen molar-refractivity contribution in [2.75, 3.05) is 13.6 Å². The molecule has 4 rings (SSSR count).